The molecule has 3 aromatic carbocycles. The molecule has 0 aliphatic heterocycles. The van der Waals surface area contributed by atoms with Crippen molar-refractivity contribution in [2.24, 2.45) is 0 Å². The SMILES string of the molecule is CCOc1cccc2cc(C(=O)Nc3ccc(C)cc3C(=O)c3ccccc3)oc12. The van der Waals surface area contributed by atoms with Crippen molar-refractivity contribution in [3.05, 3.63) is 95.2 Å². The van der Waals surface area contributed by atoms with E-state index in [9.17, 15) is 9.59 Å². The van der Waals surface area contributed by atoms with Gasteiger partial charge in [0, 0.05) is 16.5 Å². The molecule has 1 N–H and O–H groups in total. The number of aryl methyl sites for hydroxylation is 1. The number of para-hydroxylation sites is 1. The van der Waals surface area contributed by atoms with Gasteiger partial charge in [0.15, 0.2) is 22.9 Å². The molecule has 1 amide bonds. The first kappa shape index (κ1) is 19.5. The molecule has 0 fully saturated rings. The second-order valence-electron chi connectivity index (χ2n) is 6.92. The van der Waals surface area contributed by atoms with E-state index in [0.717, 1.165) is 10.9 Å². The number of carbonyl (C=O) groups is 2. The molecule has 30 heavy (non-hydrogen) atoms. The lowest BCUT2D eigenvalue weighted by Gasteiger charge is -2.11. The average molecular weight is 399 g/mol. The second-order valence-corrected chi connectivity index (χ2v) is 6.92. The predicted molar refractivity (Wildman–Crippen MR) is 116 cm³/mol. The van der Waals surface area contributed by atoms with E-state index in [1.165, 1.54) is 0 Å². The first-order valence-electron chi connectivity index (χ1n) is 9.74. The third kappa shape index (κ3) is 3.82. The van der Waals surface area contributed by atoms with E-state index in [1.807, 2.05) is 50.2 Å². The lowest BCUT2D eigenvalue weighted by Crippen LogP contribution is -2.15. The van der Waals surface area contributed by atoms with Crippen LogP contribution < -0.4 is 10.1 Å². The molecule has 0 aliphatic rings. The number of nitrogens with one attached hydrogen (secondary N) is 1. The molecule has 0 aliphatic carbocycles. The molecule has 0 saturated heterocycles. The van der Waals surface area contributed by atoms with Gasteiger partial charge in [-0.15, -0.1) is 0 Å². The van der Waals surface area contributed by atoms with Crippen molar-refractivity contribution in [3.63, 3.8) is 0 Å². The summed E-state index contributed by atoms with van der Waals surface area (Å²) in [4.78, 5) is 25.9. The number of benzene rings is 3. The van der Waals surface area contributed by atoms with Crippen molar-refractivity contribution in [3.8, 4) is 5.75 Å². The largest absolute Gasteiger partial charge is 0.490 e. The van der Waals surface area contributed by atoms with E-state index < -0.39 is 5.91 Å². The predicted octanol–water partition coefficient (Wildman–Crippen LogP) is 5.62. The van der Waals surface area contributed by atoms with Crippen molar-refractivity contribution in [2.75, 3.05) is 11.9 Å². The zero-order valence-corrected chi connectivity index (χ0v) is 16.8. The summed E-state index contributed by atoms with van der Waals surface area (Å²) in [5, 5.41) is 3.60. The van der Waals surface area contributed by atoms with Gasteiger partial charge in [-0.1, -0.05) is 54.1 Å². The smallest absolute Gasteiger partial charge is 0.291 e. The highest BCUT2D eigenvalue weighted by Gasteiger charge is 2.19. The Balaban J connectivity index is 1.66. The van der Waals surface area contributed by atoms with Crippen LogP contribution in [0.5, 0.6) is 5.75 Å². The molecule has 0 saturated carbocycles. The molecule has 150 valence electrons. The number of ether oxygens (including phenoxy) is 1. The van der Waals surface area contributed by atoms with Crippen LogP contribution in [0.3, 0.4) is 0 Å². The number of fused-ring (bicyclic) bond motifs is 1. The lowest BCUT2D eigenvalue weighted by molar-refractivity contribution is 0.0998. The highest BCUT2D eigenvalue weighted by Crippen LogP contribution is 2.29. The van der Waals surface area contributed by atoms with Crippen molar-refractivity contribution < 1.29 is 18.7 Å². The van der Waals surface area contributed by atoms with Crippen molar-refractivity contribution in [1.82, 2.24) is 0 Å². The van der Waals surface area contributed by atoms with Gasteiger partial charge < -0.3 is 14.5 Å². The number of anilines is 1. The second kappa shape index (κ2) is 8.25. The van der Waals surface area contributed by atoms with E-state index in [1.54, 1.807) is 36.4 Å². The summed E-state index contributed by atoms with van der Waals surface area (Å²) in [5.74, 6) is 0.151. The number of furan rings is 1. The van der Waals surface area contributed by atoms with Crippen molar-refractivity contribution >= 4 is 28.3 Å². The Morgan fingerprint density at radius 3 is 2.53 bits per heavy atom. The van der Waals surface area contributed by atoms with Gasteiger partial charge in [0.05, 0.1) is 12.3 Å². The average Bonchev–Trinajstić information content (AvgIpc) is 3.21. The van der Waals surface area contributed by atoms with Crippen LogP contribution >= 0.6 is 0 Å². The number of amides is 1. The van der Waals surface area contributed by atoms with Crippen LogP contribution in [0.25, 0.3) is 11.0 Å². The Morgan fingerprint density at radius 2 is 1.77 bits per heavy atom. The van der Waals surface area contributed by atoms with Gasteiger partial charge in [0.2, 0.25) is 0 Å². The van der Waals surface area contributed by atoms with Gasteiger partial charge in [0.1, 0.15) is 0 Å². The molecule has 5 heteroatoms. The summed E-state index contributed by atoms with van der Waals surface area (Å²) in [6.45, 7) is 4.29. The zero-order valence-electron chi connectivity index (χ0n) is 16.8. The Labute approximate surface area is 174 Å². The molecular weight excluding hydrogens is 378 g/mol. The first-order valence-corrected chi connectivity index (χ1v) is 9.74. The zero-order chi connectivity index (χ0) is 21.1. The molecule has 4 aromatic rings. The van der Waals surface area contributed by atoms with Gasteiger partial charge in [0.25, 0.3) is 5.91 Å². The number of hydrogen-bond acceptors (Lipinski definition) is 4. The molecule has 5 nitrogen and oxygen atoms in total. The standard InChI is InChI=1S/C25H21NO4/c1-3-29-21-11-7-10-18-15-22(30-24(18)21)25(28)26-20-13-12-16(2)14-19(20)23(27)17-8-5-4-6-9-17/h4-15H,3H2,1-2H3,(H,26,28). The summed E-state index contributed by atoms with van der Waals surface area (Å²) in [6.07, 6.45) is 0. The summed E-state index contributed by atoms with van der Waals surface area (Å²) < 4.78 is 11.3. The van der Waals surface area contributed by atoms with E-state index in [4.69, 9.17) is 9.15 Å². The highest BCUT2D eigenvalue weighted by molar-refractivity contribution is 6.15. The van der Waals surface area contributed by atoms with Gasteiger partial charge in [-0.25, -0.2) is 0 Å². The van der Waals surface area contributed by atoms with Crippen LogP contribution in [0.1, 0.15) is 39.0 Å². The van der Waals surface area contributed by atoms with Gasteiger partial charge in [-0.2, -0.15) is 0 Å². The molecule has 1 aromatic heterocycles. The Kier molecular flexibility index (Phi) is 5.35. The summed E-state index contributed by atoms with van der Waals surface area (Å²) in [6, 6.07) is 21.5. The number of hydrogen-bond donors (Lipinski definition) is 1. The first-order chi connectivity index (χ1) is 14.6. The summed E-state index contributed by atoms with van der Waals surface area (Å²) >= 11 is 0. The summed E-state index contributed by atoms with van der Waals surface area (Å²) in [5.41, 5.74) is 2.88. The van der Waals surface area contributed by atoms with Crippen LogP contribution in [0.2, 0.25) is 0 Å². The Hall–Kier alpha value is -3.86. The minimum absolute atomic E-state index is 0.149. The van der Waals surface area contributed by atoms with Crippen LogP contribution in [0.4, 0.5) is 5.69 Å². The minimum atomic E-state index is -0.431. The van der Waals surface area contributed by atoms with E-state index in [2.05, 4.69) is 5.32 Å². The van der Waals surface area contributed by atoms with Gasteiger partial charge in [-0.3, -0.25) is 9.59 Å². The van der Waals surface area contributed by atoms with Crippen molar-refractivity contribution in [2.45, 2.75) is 13.8 Å². The third-order valence-corrected chi connectivity index (χ3v) is 4.74. The normalized spacial score (nSPS) is 10.7. The highest BCUT2D eigenvalue weighted by atomic mass is 16.5. The molecule has 4 rings (SSSR count). The van der Waals surface area contributed by atoms with E-state index in [0.29, 0.717) is 34.8 Å². The maximum absolute atomic E-state index is 13.0. The number of rotatable bonds is 6. The molecular formula is C25H21NO4. The van der Waals surface area contributed by atoms with Gasteiger partial charge >= 0.3 is 0 Å². The third-order valence-electron chi connectivity index (χ3n) is 4.74. The van der Waals surface area contributed by atoms with Gasteiger partial charge in [-0.05, 0) is 38.1 Å². The fraction of sp³-hybridized carbons (Fsp3) is 0.120. The van der Waals surface area contributed by atoms with Crippen LogP contribution in [-0.2, 0) is 0 Å². The monoisotopic (exact) mass is 399 g/mol. The Bertz CT molecular complexity index is 1220. The number of ketones is 1. The molecule has 0 atom stereocenters. The fourth-order valence-electron chi connectivity index (χ4n) is 3.30. The van der Waals surface area contributed by atoms with E-state index in [-0.39, 0.29) is 11.5 Å². The minimum Gasteiger partial charge on any atom is -0.490 e. The quantitative estimate of drug-likeness (QED) is 0.427. The van der Waals surface area contributed by atoms with Crippen molar-refractivity contribution in [1.29, 1.82) is 0 Å². The summed E-state index contributed by atoms with van der Waals surface area (Å²) in [7, 11) is 0. The molecule has 0 unspecified atom stereocenters. The molecule has 0 spiro atoms. The molecule has 0 radical (unpaired) electrons. The molecule has 1 heterocycles. The maximum Gasteiger partial charge on any atom is 0.291 e. The molecule has 0 bridgehead atoms. The van der Waals surface area contributed by atoms with Crippen LogP contribution in [0, 0.1) is 6.92 Å². The topological polar surface area (TPSA) is 68.5 Å². The maximum atomic E-state index is 13.0. The number of carbonyl (C=O) groups excluding carboxylic acids is 2. The Morgan fingerprint density at radius 1 is 0.967 bits per heavy atom. The van der Waals surface area contributed by atoms with Crippen LogP contribution in [-0.4, -0.2) is 18.3 Å². The fourth-order valence-corrected chi connectivity index (χ4v) is 3.30. The van der Waals surface area contributed by atoms with Crippen LogP contribution in [0.15, 0.2) is 77.2 Å². The van der Waals surface area contributed by atoms with E-state index >= 15 is 0 Å². The lowest BCUT2D eigenvalue weighted by atomic mass is 9.99.